The van der Waals surface area contributed by atoms with Crippen LogP contribution in [-0.4, -0.2) is 46.0 Å². The number of nitrogens with two attached hydrogens (primary N) is 1. The molecule has 0 spiro atoms. The second-order valence-electron chi connectivity index (χ2n) is 5.93. The van der Waals surface area contributed by atoms with Crippen molar-refractivity contribution in [3.63, 3.8) is 0 Å². The zero-order valence-electron chi connectivity index (χ0n) is 13.0. The van der Waals surface area contributed by atoms with E-state index in [2.05, 4.69) is 9.97 Å². The normalized spacial score (nSPS) is 19.6. The topological polar surface area (TPSA) is 95.5 Å². The lowest BCUT2D eigenvalue weighted by atomic mass is 10.0. The maximum absolute atomic E-state index is 9.75. The van der Waals surface area contributed by atoms with E-state index in [1.54, 1.807) is 12.4 Å². The van der Waals surface area contributed by atoms with Crippen LogP contribution in [0.5, 0.6) is 0 Å². The maximum atomic E-state index is 9.75. The van der Waals surface area contributed by atoms with E-state index in [-0.39, 0.29) is 18.8 Å². The number of piperidine rings is 1. The van der Waals surface area contributed by atoms with Crippen molar-refractivity contribution in [3.8, 4) is 11.1 Å². The van der Waals surface area contributed by atoms with Crippen LogP contribution in [0.15, 0.2) is 36.7 Å². The van der Waals surface area contributed by atoms with Crippen LogP contribution in [0.2, 0.25) is 0 Å². The molecule has 23 heavy (non-hydrogen) atoms. The Balaban J connectivity index is 1.79. The van der Waals surface area contributed by atoms with E-state index in [0.717, 1.165) is 36.1 Å². The summed E-state index contributed by atoms with van der Waals surface area (Å²) in [5, 5.41) is 18.9. The first kappa shape index (κ1) is 15.9. The van der Waals surface area contributed by atoms with Crippen molar-refractivity contribution in [2.24, 2.45) is 5.73 Å². The first-order valence-electron chi connectivity index (χ1n) is 7.89. The maximum Gasteiger partial charge on any atom is 0.225 e. The van der Waals surface area contributed by atoms with Gasteiger partial charge in [-0.25, -0.2) is 9.97 Å². The Morgan fingerprint density at radius 3 is 2.74 bits per heavy atom. The van der Waals surface area contributed by atoms with Crippen molar-refractivity contribution < 1.29 is 10.2 Å². The van der Waals surface area contributed by atoms with Gasteiger partial charge in [0, 0.05) is 31.0 Å². The average Bonchev–Trinajstić information content (AvgIpc) is 2.61. The highest BCUT2D eigenvalue weighted by Crippen LogP contribution is 2.23. The van der Waals surface area contributed by atoms with Crippen LogP contribution in [0.1, 0.15) is 24.4 Å². The molecule has 1 aliphatic rings. The van der Waals surface area contributed by atoms with E-state index in [4.69, 9.17) is 5.73 Å². The summed E-state index contributed by atoms with van der Waals surface area (Å²) in [7, 11) is 0. The fourth-order valence-electron chi connectivity index (χ4n) is 2.82. The molecular formula is C17H22N4O2. The van der Waals surface area contributed by atoms with E-state index in [1.807, 2.05) is 29.2 Å². The van der Waals surface area contributed by atoms with Gasteiger partial charge in [-0.2, -0.15) is 0 Å². The van der Waals surface area contributed by atoms with Gasteiger partial charge < -0.3 is 20.8 Å². The molecule has 1 aromatic heterocycles. The third-order valence-corrected chi connectivity index (χ3v) is 4.16. The second kappa shape index (κ2) is 7.04. The van der Waals surface area contributed by atoms with Crippen LogP contribution in [-0.2, 0) is 0 Å². The Morgan fingerprint density at radius 1 is 1.26 bits per heavy atom. The number of benzene rings is 1. The van der Waals surface area contributed by atoms with Gasteiger partial charge in [0.2, 0.25) is 5.95 Å². The van der Waals surface area contributed by atoms with Crippen LogP contribution >= 0.6 is 0 Å². The summed E-state index contributed by atoms with van der Waals surface area (Å²) in [5.41, 5.74) is 8.62. The zero-order valence-corrected chi connectivity index (χ0v) is 13.0. The van der Waals surface area contributed by atoms with Crippen molar-refractivity contribution >= 4 is 5.95 Å². The minimum absolute atomic E-state index is 0.0871. The molecule has 1 aliphatic heterocycles. The number of rotatable bonds is 4. The monoisotopic (exact) mass is 314 g/mol. The minimum atomic E-state index is -0.384. The Labute approximate surface area is 135 Å². The fourth-order valence-corrected chi connectivity index (χ4v) is 2.82. The van der Waals surface area contributed by atoms with Crippen LogP contribution in [0.3, 0.4) is 0 Å². The van der Waals surface area contributed by atoms with Crippen molar-refractivity contribution in [1.82, 2.24) is 9.97 Å². The van der Waals surface area contributed by atoms with Crippen molar-refractivity contribution in [2.75, 3.05) is 24.6 Å². The molecule has 122 valence electrons. The summed E-state index contributed by atoms with van der Waals surface area (Å²) in [4.78, 5) is 10.9. The third-order valence-electron chi connectivity index (χ3n) is 4.16. The van der Waals surface area contributed by atoms with E-state index >= 15 is 0 Å². The Hall–Kier alpha value is -2.02. The summed E-state index contributed by atoms with van der Waals surface area (Å²) in [6.07, 6.45) is 5.06. The summed E-state index contributed by atoms with van der Waals surface area (Å²) in [6, 6.07) is 7.34. The van der Waals surface area contributed by atoms with Gasteiger partial charge in [-0.1, -0.05) is 18.2 Å². The molecule has 3 rings (SSSR count). The lowest BCUT2D eigenvalue weighted by Crippen LogP contribution is -2.39. The summed E-state index contributed by atoms with van der Waals surface area (Å²) in [5.74, 6) is 0.649. The quantitative estimate of drug-likeness (QED) is 0.782. The number of hydrogen-bond donors (Lipinski definition) is 3. The molecule has 2 aromatic rings. The fraction of sp³-hybridized carbons (Fsp3) is 0.412. The first-order chi connectivity index (χ1) is 11.2. The Morgan fingerprint density at radius 2 is 2.04 bits per heavy atom. The molecule has 2 atom stereocenters. The van der Waals surface area contributed by atoms with Crippen molar-refractivity contribution in [3.05, 3.63) is 42.2 Å². The highest BCUT2D eigenvalue weighted by Gasteiger charge is 2.19. The van der Waals surface area contributed by atoms with Crippen molar-refractivity contribution in [2.45, 2.75) is 25.0 Å². The van der Waals surface area contributed by atoms with Crippen LogP contribution in [0, 0.1) is 0 Å². The van der Waals surface area contributed by atoms with E-state index in [0.29, 0.717) is 12.5 Å². The van der Waals surface area contributed by atoms with Crippen molar-refractivity contribution in [1.29, 1.82) is 0 Å². The highest BCUT2D eigenvalue weighted by atomic mass is 16.3. The van der Waals surface area contributed by atoms with Gasteiger partial charge in [-0.15, -0.1) is 0 Å². The zero-order chi connectivity index (χ0) is 16.2. The number of aliphatic hydroxyl groups is 2. The van der Waals surface area contributed by atoms with Gasteiger partial charge in [0.05, 0.1) is 18.8 Å². The standard InChI is InChI=1S/C17H22N4O2/c18-16(11-22)13-4-1-3-12(7-13)14-8-19-17(20-9-14)21-6-2-5-15(23)10-21/h1,3-4,7-9,15-16,22-23H,2,5-6,10-11,18H2. The molecule has 4 N–H and O–H groups in total. The smallest absolute Gasteiger partial charge is 0.225 e. The molecule has 0 saturated carbocycles. The molecule has 0 bridgehead atoms. The molecule has 6 heteroatoms. The summed E-state index contributed by atoms with van der Waals surface area (Å²) >= 11 is 0. The molecule has 1 saturated heterocycles. The molecule has 1 fully saturated rings. The average molecular weight is 314 g/mol. The molecular weight excluding hydrogens is 292 g/mol. The molecule has 0 radical (unpaired) electrons. The highest BCUT2D eigenvalue weighted by molar-refractivity contribution is 5.63. The molecule has 0 aliphatic carbocycles. The number of nitrogens with zero attached hydrogens (tertiary/aromatic N) is 3. The molecule has 6 nitrogen and oxygen atoms in total. The van der Waals surface area contributed by atoms with Gasteiger partial charge in [-0.05, 0) is 30.0 Å². The number of aliphatic hydroxyl groups excluding tert-OH is 2. The largest absolute Gasteiger partial charge is 0.394 e. The van der Waals surface area contributed by atoms with E-state index in [9.17, 15) is 10.2 Å². The lowest BCUT2D eigenvalue weighted by Gasteiger charge is -2.29. The molecule has 2 heterocycles. The van der Waals surface area contributed by atoms with Gasteiger partial charge >= 0.3 is 0 Å². The predicted octanol–water partition coefficient (Wildman–Crippen LogP) is 1.10. The van der Waals surface area contributed by atoms with Crippen LogP contribution < -0.4 is 10.6 Å². The molecule has 1 aromatic carbocycles. The SMILES string of the molecule is NC(CO)c1cccc(-c2cnc(N3CCCC(O)C3)nc2)c1. The summed E-state index contributed by atoms with van der Waals surface area (Å²) < 4.78 is 0. The molecule has 0 amide bonds. The first-order valence-corrected chi connectivity index (χ1v) is 7.89. The Bertz CT molecular complexity index is 647. The van der Waals surface area contributed by atoms with E-state index in [1.165, 1.54) is 0 Å². The number of hydrogen-bond acceptors (Lipinski definition) is 6. The second-order valence-corrected chi connectivity index (χ2v) is 5.93. The predicted molar refractivity (Wildman–Crippen MR) is 88.9 cm³/mol. The number of β-amino-alcohol motifs (C(OH)–C–C–N with tert-alkyl or cyclic N) is 1. The van der Waals surface area contributed by atoms with Gasteiger partial charge in [0.1, 0.15) is 0 Å². The summed E-state index contributed by atoms with van der Waals surface area (Å²) in [6.45, 7) is 1.37. The third kappa shape index (κ3) is 3.67. The number of aromatic nitrogens is 2. The minimum Gasteiger partial charge on any atom is -0.394 e. The number of anilines is 1. The lowest BCUT2D eigenvalue weighted by molar-refractivity contribution is 0.153. The van der Waals surface area contributed by atoms with Gasteiger partial charge in [-0.3, -0.25) is 0 Å². The van der Waals surface area contributed by atoms with Crippen LogP contribution in [0.25, 0.3) is 11.1 Å². The van der Waals surface area contributed by atoms with Gasteiger partial charge in [0.25, 0.3) is 0 Å². The van der Waals surface area contributed by atoms with E-state index < -0.39 is 0 Å². The Kier molecular flexibility index (Phi) is 4.85. The van der Waals surface area contributed by atoms with Gasteiger partial charge in [0.15, 0.2) is 0 Å². The van der Waals surface area contributed by atoms with Crippen LogP contribution in [0.4, 0.5) is 5.95 Å². The molecule has 2 unspecified atom stereocenters.